The van der Waals surface area contributed by atoms with E-state index in [1.807, 2.05) is 0 Å². The van der Waals surface area contributed by atoms with Crippen molar-refractivity contribution >= 4 is 17.5 Å². The predicted octanol–water partition coefficient (Wildman–Crippen LogP) is 2.87. The van der Waals surface area contributed by atoms with E-state index in [9.17, 15) is 4.79 Å². The third-order valence-electron chi connectivity index (χ3n) is 5.60. The van der Waals surface area contributed by atoms with Crippen LogP contribution in [0.25, 0.3) is 0 Å². The van der Waals surface area contributed by atoms with Gasteiger partial charge in [0.05, 0.1) is 6.04 Å². The van der Waals surface area contributed by atoms with Gasteiger partial charge in [-0.2, -0.15) is 0 Å². The van der Waals surface area contributed by atoms with Crippen molar-refractivity contribution in [1.29, 1.82) is 0 Å². The van der Waals surface area contributed by atoms with Gasteiger partial charge in [-0.05, 0) is 56.8 Å². The molecular formula is C20H30ClN3O2. The lowest BCUT2D eigenvalue weighted by Gasteiger charge is -2.36. The minimum Gasteiger partial charge on any atom is -0.508 e. The number of phenolic OH excluding ortho intramolecular Hbond substituents is 1. The van der Waals surface area contributed by atoms with Crippen LogP contribution in [0.4, 0.5) is 0 Å². The number of benzene rings is 1. The number of amides is 1. The van der Waals surface area contributed by atoms with E-state index in [4.69, 9.17) is 16.7 Å². The highest BCUT2D eigenvalue weighted by Gasteiger charge is 2.30. The highest BCUT2D eigenvalue weighted by molar-refractivity contribution is 6.30. The van der Waals surface area contributed by atoms with Gasteiger partial charge in [0.1, 0.15) is 5.75 Å². The summed E-state index contributed by atoms with van der Waals surface area (Å²) in [5.41, 5.74) is 0. The summed E-state index contributed by atoms with van der Waals surface area (Å²) < 4.78 is 0. The highest BCUT2D eigenvalue weighted by Crippen LogP contribution is 2.25. The monoisotopic (exact) mass is 379 g/mol. The zero-order chi connectivity index (χ0) is 18.4. The molecular weight excluding hydrogens is 350 g/mol. The third kappa shape index (κ3) is 5.35. The summed E-state index contributed by atoms with van der Waals surface area (Å²) in [7, 11) is 0. The fourth-order valence-corrected chi connectivity index (χ4v) is 4.05. The smallest absolute Gasteiger partial charge is 0.239 e. The summed E-state index contributed by atoms with van der Waals surface area (Å²) in [4.78, 5) is 17.1. The van der Waals surface area contributed by atoms with Crippen LogP contribution < -0.4 is 5.32 Å². The van der Waals surface area contributed by atoms with Crippen LogP contribution in [-0.2, 0) is 4.79 Å². The van der Waals surface area contributed by atoms with Crippen molar-refractivity contribution in [3.63, 3.8) is 0 Å². The van der Waals surface area contributed by atoms with Gasteiger partial charge in [0.2, 0.25) is 5.91 Å². The van der Waals surface area contributed by atoms with Crippen LogP contribution in [0.1, 0.15) is 38.5 Å². The summed E-state index contributed by atoms with van der Waals surface area (Å²) in [6.07, 6.45) is 7.47. The first kappa shape index (κ1) is 19.5. The Balaban J connectivity index is 0.000000206. The van der Waals surface area contributed by atoms with E-state index in [0.717, 1.165) is 51.5 Å². The number of carbonyl (C=O) groups is 1. The van der Waals surface area contributed by atoms with Crippen LogP contribution >= 0.6 is 11.6 Å². The molecule has 5 nitrogen and oxygen atoms in total. The number of aromatic hydroxyl groups is 1. The van der Waals surface area contributed by atoms with Crippen LogP contribution in [0.3, 0.4) is 0 Å². The van der Waals surface area contributed by atoms with Crippen molar-refractivity contribution in [3.05, 3.63) is 29.3 Å². The van der Waals surface area contributed by atoms with E-state index in [2.05, 4.69) is 15.1 Å². The van der Waals surface area contributed by atoms with E-state index in [1.165, 1.54) is 31.9 Å². The maximum absolute atomic E-state index is 12.4. The fraction of sp³-hybridized carbons (Fsp3) is 0.650. The average Bonchev–Trinajstić information content (AvgIpc) is 3.00. The fourth-order valence-electron chi connectivity index (χ4n) is 3.87. The van der Waals surface area contributed by atoms with Crippen LogP contribution in [0, 0.1) is 0 Å². The quantitative estimate of drug-likeness (QED) is 0.829. The molecule has 1 aliphatic carbocycles. The molecule has 0 aromatic heterocycles. The molecule has 144 valence electrons. The van der Waals surface area contributed by atoms with Gasteiger partial charge in [0.25, 0.3) is 0 Å². The number of halogens is 1. The Morgan fingerprint density at radius 1 is 1.08 bits per heavy atom. The number of nitrogens with zero attached hydrogens (tertiary/aromatic N) is 2. The summed E-state index contributed by atoms with van der Waals surface area (Å²) in [6, 6.07) is 7.40. The molecule has 0 radical (unpaired) electrons. The molecule has 26 heavy (non-hydrogen) atoms. The van der Waals surface area contributed by atoms with Gasteiger partial charge >= 0.3 is 0 Å². The molecule has 2 N–H and O–H groups in total. The van der Waals surface area contributed by atoms with Gasteiger partial charge in [-0.1, -0.05) is 24.1 Å². The molecule has 6 heteroatoms. The second-order valence-corrected chi connectivity index (χ2v) is 7.86. The van der Waals surface area contributed by atoms with Gasteiger partial charge in [-0.15, -0.1) is 0 Å². The van der Waals surface area contributed by atoms with E-state index < -0.39 is 0 Å². The third-order valence-corrected chi connectivity index (χ3v) is 5.83. The molecule has 0 unspecified atom stereocenters. The van der Waals surface area contributed by atoms with E-state index >= 15 is 0 Å². The first-order valence-electron chi connectivity index (χ1n) is 9.84. The second kappa shape index (κ2) is 9.58. The average molecular weight is 380 g/mol. The van der Waals surface area contributed by atoms with Gasteiger partial charge in [-0.3, -0.25) is 9.69 Å². The number of nitrogens with one attached hydrogen (secondary N) is 1. The number of rotatable bonds is 2. The molecule has 3 fully saturated rings. The highest BCUT2D eigenvalue weighted by atomic mass is 35.5. The van der Waals surface area contributed by atoms with E-state index in [0.29, 0.717) is 10.9 Å². The summed E-state index contributed by atoms with van der Waals surface area (Å²) in [5, 5.41) is 12.6. The van der Waals surface area contributed by atoms with Crippen molar-refractivity contribution in [2.24, 2.45) is 0 Å². The van der Waals surface area contributed by atoms with Crippen LogP contribution in [-0.4, -0.2) is 65.6 Å². The summed E-state index contributed by atoms with van der Waals surface area (Å²) >= 11 is 5.48. The van der Waals surface area contributed by atoms with Crippen molar-refractivity contribution in [2.75, 3.05) is 32.7 Å². The van der Waals surface area contributed by atoms with Gasteiger partial charge in [0, 0.05) is 37.2 Å². The lowest BCUT2D eigenvalue weighted by Crippen LogP contribution is -2.46. The molecule has 1 aromatic rings. The second-order valence-electron chi connectivity index (χ2n) is 7.43. The SMILES string of the molecule is O=C([C@H]1CCCN1)N1CCCN(C2CCC2)CC1.Oc1cccc(Cl)c1. The first-order valence-corrected chi connectivity index (χ1v) is 10.2. The van der Waals surface area contributed by atoms with E-state index in [-0.39, 0.29) is 11.8 Å². The maximum Gasteiger partial charge on any atom is 0.239 e. The molecule has 1 atom stereocenters. The lowest BCUT2D eigenvalue weighted by atomic mass is 9.91. The molecule has 0 spiro atoms. The number of hydrogen-bond acceptors (Lipinski definition) is 4. The Kier molecular flexibility index (Phi) is 7.17. The molecule has 1 aromatic carbocycles. The molecule has 2 aliphatic heterocycles. The van der Waals surface area contributed by atoms with Gasteiger partial charge < -0.3 is 15.3 Å². The first-order chi connectivity index (χ1) is 12.6. The largest absolute Gasteiger partial charge is 0.508 e. The Hall–Kier alpha value is -1.30. The standard InChI is InChI=1S/C14H25N3O.C6H5ClO/c18-14(13-6-2-7-15-13)17-9-3-8-16(10-11-17)12-4-1-5-12;7-5-2-1-3-6(8)4-5/h12-13,15H,1-11H2;1-4,8H/t13-;/m1./s1. The van der Waals surface area contributed by atoms with Crippen molar-refractivity contribution in [3.8, 4) is 5.75 Å². The van der Waals surface area contributed by atoms with Crippen molar-refractivity contribution < 1.29 is 9.90 Å². The number of hydrogen-bond donors (Lipinski definition) is 2. The van der Waals surface area contributed by atoms with Crippen LogP contribution in [0.15, 0.2) is 24.3 Å². The minimum atomic E-state index is 0.111. The number of carbonyl (C=O) groups excluding carboxylic acids is 1. The minimum absolute atomic E-state index is 0.111. The normalized spacial score (nSPS) is 24.3. The van der Waals surface area contributed by atoms with Crippen LogP contribution in [0.2, 0.25) is 5.02 Å². The Labute approximate surface area is 161 Å². The molecule has 2 heterocycles. The molecule has 0 bridgehead atoms. The summed E-state index contributed by atoms with van der Waals surface area (Å²) in [5.74, 6) is 0.556. The van der Waals surface area contributed by atoms with Gasteiger partial charge in [-0.25, -0.2) is 0 Å². The van der Waals surface area contributed by atoms with Crippen molar-refractivity contribution in [2.45, 2.75) is 50.6 Å². The Bertz CT molecular complexity index is 571. The van der Waals surface area contributed by atoms with Gasteiger partial charge in [0.15, 0.2) is 0 Å². The summed E-state index contributed by atoms with van der Waals surface area (Å²) in [6.45, 7) is 5.18. The van der Waals surface area contributed by atoms with Crippen molar-refractivity contribution in [1.82, 2.24) is 15.1 Å². The Morgan fingerprint density at radius 3 is 2.50 bits per heavy atom. The molecule has 4 rings (SSSR count). The Morgan fingerprint density at radius 2 is 1.92 bits per heavy atom. The predicted molar refractivity (Wildman–Crippen MR) is 105 cm³/mol. The topological polar surface area (TPSA) is 55.8 Å². The van der Waals surface area contributed by atoms with E-state index in [1.54, 1.807) is 18.2 Å². The molecule has 3 aliphatic rings. The molecule has 1 amide bonds. The number of phenols is 1. The molecule has 2 saturated heterocycles. The lowest BCUT2D eigenvalue weighted by molar-refractivity contribution is -0.133. The maximum atomic E-state index is 12.4. The zero-order valence-electron chi connectivity index (χ0n) is 15.4. The molecule has 1 saturated carbocycles. The zero-order valence-corrected chi connectivity index (χ0v) is 16.1. The van der Waals surface area contributed by atoms with Crippen LogP contribution in [0.5, 0.6) is 5.75 Å².